The van der Waals surface area contributed by atoms with E-state index in [0.29, 0.717) is 5.02 Å². The molecule has 7 heteroatoms. The van der Waals surface area contributed by atoms with E-state index in [4.69, 9.17) is 16.7 Å². The highest BCUT2D eigenvalue weighted by Crippen LogP contribution is 2.37. The van der Waals surface area contributed by atoms with Gasteiger partial charge in [0, 0.05) is 17.1 Å². The fourth-order valence-electron chi connectivity index (χ4n) is 2.01. The average molecular weight is 285 g/mol. The molecule has 0 spiro atoms. The molecule has 0 saturated heterocycles. The molecule has 1 saturated carbocycles. The van der Waals surface area contributed by atoms with Crippen molar-refractivity contribution < 1.29 is 14.8 Å². The van der Waals surface area contributed by atoms with Crippen LogP contribution in [-0.4, -0.2) is 22.0 Å². The Balaban J connectivity index is 2.22. The summed E-state index contributed by atoms with van der Waals surface area (Å²) in [7, 11) is 0. The van der Waals surface area contributed by atoms with Crippen LogP contribution in [0.4, 0.5) is 11.4 Å². The minimum atomic E-state index is -0.922. The largest absolute Gasteiger partial charge is 0.481 e. The molecule has 2 N–H and O–H groups in total. The van der Waals surface area contributed by atoms with Crippen molar-refractivity contribution in [3.8, 4) is 0 Å². The van der Waals surface area contributed by atoms with Gasteiger partial charge in [-0.15, -0.1) is 0 Å². The molecule has 0 amide bonds. The Hall–Kier alpha value is -1.82. The van der Waals surface area contributed by atoms with Crippen LogP contribution in [0.5, 0.6) is 0 Å². The highest BCUT2D eigenvalue weighted by atomic mass is 35.5. The maximum Gasteiger partial charge on any atom is 0.305 e. The average Bonchev–Trinajstić information content (AvgIpc) is 3.10. The Bertz CT molecular complexity index is 516. The van der Waals surface area contributed by atoms with Crippen molar-refractivity contribution in [3.63, 3.8) is 0 Å². The molecule has 6 nitrogen and oxygen atoms in total. The number of halogens is 1. The number of carboxylic acid groups (broad SMARTS) is 1. The molecule has 1 fully saturated rings. The molecule has 19 heavy (non-hydrogen) atoms. The molecule has 1 aromatic carbocycles. The molecule has 1 atom stereocenters. The minimum Gasteiger partial charge on any atom is -0.481 e. The number of aliphatic carboxylic acids is 1. The number of hydrogen-bond donors (Lipinski definition) is 2. The van der Waals surface area contributed by atoms with Gasteiger partial charge in [-0.25, -0.2) is 0 Å². The van der Waals surface area contributed by atoms with Crippen molar-refractivity contribution in [2.75, 3.05) is 5.32 Å². The Labute approximate surface area is 114 Å². The smallest absolute Gasteiger partial charge is 0.305 e. The van der Waals surface area contributed by atoms with E-state index < -0.39 is 10.9 Å². The standard InChI is InChI=1S/C12H13ClN2O4/c13-8-3-4-11(15(18)19)10(5-8)14-9(6-12(16)17)7-1-2-7/h3-5,7,9,14H,1-2,6H2,(H,16,17). The lowest BCUT2D eigenvalue weighted by atomic mass is 10.1. The molecule has 1 unspecified atom stereocenters. The van der Waals surface area contributed by atoms with Crippen LogP contribution >= 0.6 is 11.6 Å². The van der Waals surface area contributed by atoms with Gasteiger partial charge in [0.2, 0.25) is 0 Å². The summed E-state index contributed by atoms with van der Waals surface area (Å²) in [5.74, 6) is -0.663. The molecule has 0 heterocycles. The number of nitrogens with one attached hydrogen (secondary N) is 1. The summed E-state index contributed by atoms with van der Waals surface area (Å²) in [4.78, 5) is 21.2. The van der Waals surface area contributed by atoms with Gasteiger partial charge in [0.15, 0.2) is 0 Å². The summed E-state index contributed by atoms with van der Waals surface area (Å²) in [6.45, 7) is 0. The van der Waals surface area contributed by atoms with Crippen LogP contribution in [0.2, 0.25) is 5.02 Å². The number of nitro groups is 1. The van der Waals surface area contributed by atoms with Crippen LogP contribution in [0.25, 0.3) is 0 Å². The monoisotopic (exact) mass is 284 g/mol. The third kappa shape index (κ3) is 3.57. The van der Waals surface area contributed by atoms with E-state index in [2.05, 4.69) is 5.32 Å². The van der Waals surface area contributed by atoms with Crippen molar-refractivity contribution in [2.24, 2.45) is 5.92 Å². The number of nitrogens with zero attached hydrogens (tertiary/aromatic N) is 1. The number of carboxylic acids is 1. The summed E-state index contributed by atoms with van der Waals surface area (Å²) in [6, 6.07) is 3.91. The quantitative estimate of drug-likeness (QED) is 0.619. The van der Waals surface area contributed by atoms with Crippen molar-refractivity contribution >= 4 is 28.9 Å². The first-order valence-corrected chi connectivity index (χ1v) is 6.27. The highest BCUT2D eigenvalue weighted by molar-refractivity contribution is 6.31. The molecule has 102 valence electrons. The zero-order chi connectivity index (χ0) is 14.0. The third-order valence-corrected chi connectivity index (χ3v) is 3.32. The van der Waals surface area contributed by atoms with Crippen LogP contribution in [-0.2, 0) is 4.79 Å². The number of nitro benzene ring substituents is 1. The molecule has 0 aromatic heterocycles. The van der Waals surface area contributed by atoms with Crippen LogP contribution in [0, 0.1) is 16.0 Å². The SMILES string of the molecule is O=C(O)CC(Nc1cc(Cl)ccc1[N+](=O)[O-])C1CC1. The number of carbonyl (C=O) groups is 1. The maximum absolute atomic E-state index is 10.9. The molecule has 1 aliphatic carbocycles. The van der Waals surface area contributed by atoms with E-state index in [1.807, 2.05) is 0 Å². The van der Waals surface area contributed by atoms with E-state index in [1.54, 1.807) is 0 Å². The summed E-state index contributed by atoms with van der Waals surface area (Å²) < 4.78 is 0. The van der Waals surface area contributed by atoms with Crippen molar-refractivity contribution in [3.05, 3.63) is 33.3 Å². The first-order valence-electron chi connectivity index (χ1n) is 5.89. The first-order chi connectivity index (χ1) is 8.97. The van der Waals surface area contributed by atoms with Gasteiger partial charge in [0.25, 0.3) is 5.69 Å². The molecule has 1 aliphatic rings. The van der Waals surface area contributed by atoms with Crippen LogP contribution in [0.15, 0.2) is 18.2 Å². The molecule has 1 aromatic rings. The Morgan fingerprint density at radius 3 is 2.79 bits per heavy atom. The van der Waals surface area contributed by atoms with Crippen molar-refractivity contribution in [1.82, 2.24) is 0 Å². The zero-order valence-corrected chi connectivity index (χ0v) is 10.8. The van der Waals surface area contributed by atoms with Gasteiger partial charge < -0.3 is 10.4 Å². The number of hydrogen-bond acceptors (Lipinski definition) is 4. The lowest BCUT2D eigenvalue weighted by molar-refractivity contribution is -0.384. The van der Waals surface area contributed by atoms with Gasteiger partial charge in [-0.2, -0.15) is 0 Å². The van der Waals surface area contributed by atoms with E-state index in [-0.39, 0.29) is 29.8 Å². The third-order valence-electron chi connectivity index (χ3n) is 3.08. The van der Waals surface area contributed by atoms with Crippen LogP contribution in [0.1, 0.15) is 19.3 Å². The lowest BCUT2D eigenvalue weighted by Crippen LogP contribution is -2.25. The molecular weight excluding hydrogens is 272 g/mol. The molecule has 0 radical (unpaired) electrons. The molecular formula is C12H13ClN2O4. The maximum atomic E-state index is 10.9. The normalized spacial score (nSPS) is 15.8. The number of rotatable bonds is 6. The van der Waals surface area contributed by atoms with Gasteiger partial charge in [-0.1, -0.05) is 11.6 Å². The predicted octanol–water partition coefficient (Wildman–Crippen LogP) is 2.91. The van der Waals surface area contributed by atoms with Gasteiger partial charge in [0.1, 0.15) is 5.69 Å². The highest BCUT2D eigenvalue weighted by Gasteiger charge is 2.33. The Kier molecular flexibility index (Phi) is 3.90. The van der Waals surface area contributed by atoms with Crippen molar-refractivity contribution in [1.29, 1.82) is 0 Å². The first kappa shape index (κ1) is 13.6. The van der Waals surface area contributed by atoms with Gasteiger partial charge in [-0.05, 0) is 30.9 Å². The molecule has 0 bridgehead atoms. The second-order valence-electron chi connectivity index (χ2n) is 4.60. The fourth-order valence-corrected chi connectivity index (χ4v) is 2.18. The van der Waals surface area contributed by atoms with Crippen LogP contribution < -0.4 is 5.32 Å². The second-order valence-corrected chi connectivity index (χ2v) is 5.04. The van der Waals surface area contributed by atoms with Gasteiger partial charge >= 0.3 is 5.97 Å². The summed E-state index contributed by atoms with van der Waals surface area (Å²) in [5.41, 5.74) is 0.177. The summed E-state index contributed by atoms with van der Waals surface area (Å²) >= 11 is 5.83. The van der Waals surface area contributed by atoms with Crippen molar-refractivity contribution in [2.45, 2.75) is 25.3 Å². The second kappa shape index (κ2) is 5.44. The topological polar surface area (TPSA) is 92.5 Å². The summed E-state index contributed by atoms with van der Waals surface area (Å²) in [5, 5.41) is 23.1. The number of benzene rings is 1. The van der Waals surface area contributed by atoms with Gasteiger partial charge in [0.05, 0.1) is 11.3 Å². The molecule has 0 aliphatic heterocycles. The van der Waals surface area contributed by atoms with E-state index in [0.717, 1.165) is 12.8 Å². The zero-order valence-electron chi connectivity index (χ0n) is 10.0. The predicted molar refractivity (Wildman–Crippen MR) is 70.5 cm³/mol. The minimum absolute atomic E-state index is 0.0612. The van der Waals surface area contributed by atoms with Crippen LogP contribution in [0.3, 0.4) is 0 Å². The lowest BCUT2D eigenvalue weighted by Gasteiger charge is -2.17. The number of anilines is 1. The van der Waals surface area contributed by atoms with E-state index in [1.165, 1.54) is 18.2 Å². The Morgan fingerprint density at radius 1 is 1.58 bits per heavy atom. The summed E-state index contributed by atoms with van der Waals surface area (Å²) in [6.07, 6.45) is 1.83. The fraction of sp³-hybridized carbons (Fsp3) is 0.417. The van der Waals surface area contributed by atoms with E-state index >= 15 is 0 Å². The van der Waals surface area contributed by atoms with E-state index in [9.17, 15) is 14.9 Å². The van der Waals surface area contributed by atoms with Gasteiger partial charge in [-0.3, -0.25) is 14.9 Å². The Morgan fingerprint density at radius 2 is 2.26 bits per heavy atom. The molecule has 2 rings (SSSR count).